The standard InChI is InChI=1S/C16H31N3O2.ClH/c1-4-5-11-18-15(21)16(9-7-6-8-10-16)19-14(20)13(2)12-17-3;/h13,17H,4-12H2,1-3H3,(H,18,21)(H,19,20);1H. The fraction of sp³-hybridized carbons (Fsp3) is 0.875. The molecule has 0 heterocycles. The smallest absolute Gasteiger partial charge is 0.245 e. The van der Waals surface area contributed by atoms with Crippen LogP contribution in [-0.2, 0) is 9.59 Å². The van der Waals surface area contributed by atoms with E-state index >= 15 is 0 Å². The summed E-state index contributed by atoms with van der Waals surface area (Å²) in [6.07, 6.45) is 6.69. The maximum Gasteiger partial charge on any atom is 0.245 e. The minimum Gasteiger partial charge on any atom is -0.354 e. The molecule has 1 aliphatic rings. The molecule has 130 valence electrons. The Morgan fingerprint density at radius 2 is 1.82 bits per heavy atom. The van der Waals surface area contributed by atoms with Crippen LogP contribution in [0.4, 0.5) is 0 Å². The summed E-state index contributed by atoms with van der Waals surface area (Å²) in [5.41, 5.74) is -0.689. The molecule has 1 atom stereocenters. The zero-order valence-corrected chi connectivity index (χ0v) is 15.0. The molecular weight excluding hydrogens is 302 g/mol. The normalized spacial score (nSPS) is 18.0. The molecule has 2 amide bonds. The number of hydrogen-bond donors (Lipinski definition) is 3. The third-order valence-electron chi connectivity index (χ3n) is 4.28. The molecule has 1 aliphatic carbocycles. The Kier molecular flexibility index (Phi) is 10.4. The summed E-state index contributed by atoms with van der Waals surface area (Å²) in [5, 5.41) is 9.06. The molecule has 1 unspecified atom stereocenters. The zero-order chi connectivity index (χ0) is 15.7. The van der Waals surface area contributed by atoms with Crippen LogP contribution >= 0.6 is 12.4 Å². The summed E-state index contributed by atoms with van der Waals surface area (Å²) in [5.74, 6) is -0.158. The van der Waals surface area contributed by atoms with Crippen LogP contribution < -0.4 is 16.0 Å². The van der Waals surface area contributed by atoms with Crippen LogP contribution in [0.25, 0.3) is 0 Å². The van der Waals surface area contributed by atoms with Crippen molar-refractivity contribution in [2.24, 2.45) is 5.92 Å². The molecule has 1 fully saturated rings. The van der Waals surface area contributed by atoms with Gasteiger partial charge in [-0.15, -0.1) is 12.4 Å². The molecule has 0 bridgehead atoms. The van der Waals surface area contributed by atoms with Crippen LogP contribution in [0.1, 0.15) is 58.8 Å². The van der Waals surface area contributed by atoms with Crippen molar-refractivity contribution in [1.29, 1.82) is 0 Å². The Labute approximate surface area is 140 Å². The molecular formula is C16H32ClN3O2. The molecule has 5 nitrogen and oxygen atoms in total. The number of rotatable bonds is 8. The van der Waals surface area contributed by atoms with E-state index in [2.05, 4.69) is 22.9 Å². The topological polar surface area (TPSA) is 70.2 Å². The molecule has 6 heteroatoms. The maximum atomic E-state index is 12.6. The molecule has 0 radical (unpaired) electrons. The van der Waals surface area contributed by atoms with Crippen LogP contribution in [0, 0.1) is 5.92 Å². The van der Waals surface area contributed by atoms with Gasteiger partial charge in [0.15, 0.2) is 0 Å². The Morgan fingerprint density at radius 3 is 2.36 bits per heavy atom. The number of halogens is 1. The molecule has 1 rings (SSSR count). The lowest BCUT2D eigenvalue weighted by Gasteiger charge is -2.37. The van der Waals surface area contributed by atoms with E-state index in [9.17, 15) is 9.59 Å². The number of amides is 2. The number of carbonyl (C=O) groups is 2. The number of hydrogen-bond acceptors (Lipinski definition) is 3. The summed E-state index contributed by atoms with van der Waals surface area (Å²) in [4.78, 5) is 24.9. The largest absolute Gasteiger partial charge is 0.354 e. The number of carbonyl (C=O) groups excluding carboxylic acids is 2. The SMILES string of the molecule is CCCCNC(=O)C1(NC(=O)C(C)CNC)CCCCC1.Cl. The summed E-state index contributed by atoms with van der Waals surface area (Å²) in [6, 6.07) is 0. The van der Waals surface area contributed by atoms with Gasteiger partial charge in [0, 0.05) is 19.0 Å². The average molecular weight is 334 g/mol. The van der Waals surface area contributed by atoms with Crippen LogP contribution in [0.15, 0.2) is 0 Å². The zero-order valence-electron chi connectivity index (χ0n) is 14.2. The van der Waals surface area contributed by atoms with Crippen LogP contribution in [0.2, 0.25) is 0 Å². The molecule has 0 aromatic rings. The van der Waals surface area contributed by atoms with Crippen molar-refractivity contribution in [2.75, 3.05) is 20.1 Å². The lowest BCUT2D eigenvalue weighted by atomic mass is 9.80. The Morgan fingerprint density at radius 1 is 1.18 bits per heavy atom. The molecule has 0 spiro atoms. The van der Waals surface area contributed by atoms with Crippen molar-refractivity contribution in [3.63, 3.8) is 0 Å². The van der Waals surface area contributed by atoms with Crippen molar-refractivity contribution in [3.05, 3.63) is 0 Å². The predicted molar refractivity (Wildman–Crippen MR) is 92.2 cm³/mol. The molecule has 22 heavy (non-hydrogen) atoms. The fourth-order valence-corrected chi connectivity index (χ4v) is 2.87. The van der Waals surface area contributed by atoms with E-state index in [1.54, 1.807) is 0 Å². The highest BCUT2D eigenvalue weighted by Gasteiger charge is 2.41. The van der Waals surface area contributed by atoms with E-state index in [1.165, 1.54) is 0 Å². The summed E-state index contributed by atoms with van der Waals surface area (Å²) < 4.78 is 0. The van der Waals surface area contributed by atoms with E-state index < -0.39 is 5.54 Å². The van der Waals surface area contributed by atoms with E-state index in [4.69, 9.17) is 0 Å². The highest BCUT2D eigenvalue weighted by molar-refractivity contribution is 5.92. The molecule has 0 aliphatic heterocycles. The summed E-state index contributed by atoms with van der Waals surface area (Å²) in [7, 11) is 1.83. The van der Waals surface area contributed by atoms with Crippen LogP contribution in [0.5, 0.6) is 0 Å². The van der Waals surface area contributed by atoms with Crippen molar-refractivity contribution in [1.82, 2.24) is 16.0 Å². The molecule has 0 saturated heterocycles. The van der Waals surface area contributed by atoms with Gasteiger partial charge in [-0.25, -0.2) is 0 Å². The summed E-state index contributed by atoms with van der Waals surface area (Å²) in [6.45, 7) is 5.31. The lowest BCUT2D eigenvalue weighted by Crippen LogP contribution is -2.61. The fourth-order valence-electron chi connectivity index (χ4n) is 2.87. The van der Waals surface area contributed by atoms with Gasteiger partial charge in [0.05, 0.1) is 0 Å². The Hall–Kier alpha value is -0.810. The van der Waals surface area contributed by atoms with Gasteiger partial charge in [-0.2, -0.15) is 0 Å². The monoisotopic (exact) mass is 333 g/mol. The van der Waals surface area contributed by atoms with E-state index in [0.29, 0.717) is 13.1 Å². The van der Waals surface area contributed by atoms with Gasteiger partial charge >= 0.3 is 0 Å². The second-order valence-corrected chi connectivity index (χ2v) is 6.20. The first-order valence-corrected chi connectivity index (χ1v) is 8.30. The van der Waals surface area contributed by atoms with Gasteiger partial charge < -0.3 is 16.0 Å². The van der Waals surface area contributed by atoms with Gasteiger partial charge in [0.1, 0.15) is 5.54 Å². The van der Waals surface area contributed by atoms with Gasteiger partial charge in [-0.05, 0) is 26.3 Å². The van der Waals surface area contributed by atoms with Crippen LogP contribution in [0.3, 0.4) is 0 Å². The van der Waals surface area contributed by atoms with Gasteiger partial charge in [-0.3, -0.25) is 9.59 Å². The minimum absolute atomic E-state index is 0. The first-order valence-electron chi connectivity index (χ1n) is 8.30. The quantitative estimate of drug-likeness (QED) is 0.595. The third kappa shape index (κ3) is 6.13. The van der Waals surface area contributed by atoms with Crippen molar-refractivity contribution < 1.29 is 9.59 Å². The van der Waals surface area contributed by atoms with Crippen molar-refractivity contribution in [3.8, 4) is 0 Å². The summed E-state index contributed by atoms with van der Waals surface area (Å²) >= 11 is 0. The van der Waals surface area contributed by atoms with E-state index in [1.807, 2.05) is 14.0 Å². The molecule has 3 N–H and O–H groups in total. The van der Waals surface area contributed by atoms with Crippen molar-refractivity contribution in [2.45, 2.75) is 64.3 Å². The van der Waals surface area contributed by atoms with Gasteiger partial charge in [0.2, 0.25) is 11.8 Å². The van der Waals surface area contributed by atoms with Crippen molar-refractivity contribution >= 4 is 24.2 Å². The maximum absolute atomic E-state index is 12.6. The minimum atomic E-state index is -0.689. The Bertz CT molecular complexity index is 344. The average Bonchev–Trinajstić information content (AvgIpc) is 2.48. The molecule has 0 aromatic carbocycles. The Balaban J connectivity index is 0.00000441. The second kappa shape index (κ2) is 10.8. The van der Waals surface area contributed by atoms with Crippen LogP contribution in [-0.4, -0.2) is 37.5 Å². The predicted octanol–water partition coefficient (Wildman–Crippen LogP) is 2.00. The first kappa shape index (κ1) is 21.2. The molecule has 0 aromatic heterocycles. The first-order chi connectivity index (χ1) is 10.1. The number of nitrogens with one attached hydrogen (secondary N) is 3. The van der Waals surface area contributed by atoms with E-state index in [0.717, 1.165) is 44.9 Å². The molecule has 1 saturated carbocycles. The lowest BCUT2D eigenvalue weighted by molar-refractivity contribution is -0.136. The van der Waals surface area contributed by atoms with Gasteiger partial charge in [-0.1, -0.05) is 39.5 Å². The third-order valence-corrected chi connectivity index (χ3v) is 4.28. The highest BCUT2D eigenvalue weighted by Crippen LogP contribution is 2.29. The second-order valence-electron chi connectivity index (χ2n) is 6.20. The highest BCUT2D eigenvalue weighted by atomic mass is 35.5. The van der Waals surface area contributed by atoms with Gasteiger partial charge in [0.25, 0.3) is 0 Å². The van der Waals surface area contributed by atoms with E-state index in [-0.39, 0.29) is 30.1 Å². The number of unbranched alkanes of at least 4 members (excludes halogenated alkanes) is 1.